The molecule has 2 N–H and O–H groups in total. The molecule has 2 aliphatic rings. The van der Waals surface area contributed by atoms with Crippen LogP contribution in [0.15, 0.2) is 35.9 Å². The highest BCUT2D eigenvalue weighted by Crippen LogP contribution is 2.27. The van der Waals surface area contributed by atoms with Crippen LogP contribution in [0.1, 0.15) is 87.5 Å². The third kappa shape index (κ3) is 9.15. The molecule has 10 heteroatoms. The van der Waals surface area contributed by atoms with Crippen molar-refractivity contribution < 1.29 is 23.6 Å². The van der Waals surface area contributed by atoms with Gasteiger partial charge in [0, 0.05) is 30.9 Å². The van der Waals surface area contributed by atoms with E-state index < -0.39 is 29.4 Å². The van der Waals surface area contributed by atoms with Gasteiger partial charge in [-0.3, -0.25) is 24.1 Å². The van der Waals surface area contributed by atoms with E-state index in [0.29, 0.717) is 30.6 Å². The van der Waals surface area contributed by atoms with E-state index in [0.717, 1.165) is 25.8 Å². The molecule has 9 nitrogen and oxygen atoms in total. The first-order valence-electron chi connectivity index (χ1n) is 16.4. The monoisotopic (exact) mass is 627 g/mol. The molecular weight excluding hydrogens is 573 g/mol. The minimum Gasteiger partial charge on any atom is -0.342 e. The molecule has 1 unspecified atom stereocenters. The summed E-state index contributed by atoms with van der Waals surface area (Å²) in [5.74, 6) is -1.32. The van der Waals surface area contributed by atoms with Crippen LogP contribution in [-0.2, 0) is 19.2 Å². The maximum absolute atomic E-state index is 14.1. The van der Waals surface area contributed by atoms with Crippen LogP contribution in [-0.4, -0.2) is 88.7 Å². The summed E-state index contributed by atoms with van der Waals surface area (Å²) in [4.78, 5) is 59.9. The van der Waals surface area contributed by atoms with Gasteiger partial charge in [-0.2, -0.15) is 0 Å². The molecule has 1 aromatic carbocycles. The molecular formula is C35H54FN5O4. The topological polar surface area (TPSA) is 102 Å². The molecule has 4 atom stereocenters. The number of rotatable bonds is 10. The number of piperidine rings is 1. The van der Waals surface area contributed by atoms with Crippen LogP contribution in [0, 0.1) is 17.2 Å². The summed E-state index contributed by atoms with van der Waals surface area (Å²) in [7, 11) is 1.72. The maximum Gasteiger partial charge on any atom is 0.249 e. The second-order valence-electron chi connectivity index (χ2n) is 14.3. The van der Waals surface area contributed by atoms with Crippen molar-refractivity contribution in [2.75, 3.05) is 25.5 Å². The number of benzene rings is 1. The van der Waals surface area contributed by atoms with Gasteiger partial charge in [-0.05, 0) is 88.6 Å². The highest BCUT2D eigenvalue weighted by Gasteiger charge is 2.40. The summed E-state index contributed by atoms with van der Waals surface area (Å²) in [6, 6.07) is 3.67. The largest absolute Gasteiger partial charge is 0.342 e. The van der Waals surface area contributed by atoms with Gasteiger partial charge in [-0.25, -0.2) is 4.39 Å². The van der Waals surface area contributed by atoms with Crippen LogP contribution < -0.4 is 10.6 Å². The minimum atomic E-state index is -0.755. The van der Waals surface area contributed by atoms with Gasteiger partial charge in [-0.15, -0.1) is 0 Å². The van der Waals surface area contributed by atoms with Crippen molar-refractivity contribution in [1.29, 1.82) is 0 Å². The zero-order valence-electron chi connectivity index (χ0n) is 28.7. The van der Waals surface area contributed by atoms with Gasteiger partial charge in [0.25, 0.3) is 0 Å². The number of likely N-dealkylation sites (N-methyl/N-ethyl adjacent to an activating group) is 1. The Hall–Kier alpha value is -3.27. The lowest BCUT2D eigenvalue weighted by Gasteiger charge is -2.41. The number of hydrogen-bond donors (Lipinski definition) is 2. The zero-order valence-corrected chi connectivity index (χ0v) is 28.7. The Labute approximate surface area is 269 Å². The van der Waals surface area contributed by atoms with Gasteiger partial charge in [0.05, 0.1) is 12.1 Å². The van der Waals surface area contributed by atoms with Crippen molar-refractivity contribution in [2.24, 2.45) is 11.3 Å². The predicted octanol–water partition coefficient (Wildman–Crippen LogP) is 4.98. The van der Waals surface area contributed by atoms with Crippen molar-refractivity contribution in [3.8, 4) is 0 Å². The van der Waals surface area contributed by atoms with Gasteiger partial charge in [0.15, 0.2) is 0 Å². The Morgan fingerprint density at radius 3 is 2.13 bits per heavy atom. The SMILES string of the molecule is C/C(=C\C(C(C)C)N(C)C(=O)[C@@H](NC(=O)[C@H]1CCCCN1C(C)C)C(C)(C)C)C(=O)N1CCC[C@H]1C(=O)Nc1ccc(F)cc1. The summed E-state index contributed by atoms with van der Waals surface area (Å²) in [5, 5.41) is 5.91. The maximum atomic E-state index is 14.1. The van der Waals surface area contributed by atoms with Gasteiger partial charge >= 0.3 is 0 Å². The van der Waals surface area contributed by atoms with Crippen LogP contribution in [0.2, 0.25) is 0 Å². The minimum absolute atomic E-state index is 0.0241. The molecule has 2 fully saturated rings. The Morgan fingerprint density at radius 1 is 0.933 bits per heavy atom. The van der Waals surface area contributed by atoms with E-state index in [-0.39, 0.29) is 41.6 Å². The number of carbonyl (C=O) groups excluding carboxylic acids is 4. The van der Waals surface area contributed by atoms with Crippen molar-refractivity contribution in [2.45, 2.75) is 118 Å². The molecule has 0 spiro atoms. The number of halogens is 1. The Kier molecular flexibility index (Phi) is 12.3. The van der Waals surface area contributed by atoms with Gasteiger partial charge in [0.2, 0.25) is 23.6 Å². The van der Waals surface area contributed by atoms with E-state index in [2.05, 4.69) is 29.4 Å². The smallest absolute Gasteiger partial charge is 0.249 e. The molecule has 0 radical (unpaired) electrons. The van der Waals surface area contributed by atoms with Crippen molar-refractivity contribution >= 4 is 29.3 Å². The van der Waals surface area contributed by atoms with Crippen LogP contribution in [0.25, 0.3) is 0 Å². The Morgan fingerprint density at radius 2 is 1.56 bits per heavy atom. The van der Waals surface area contributed by atoms with Crippen LogP contribution in [0.4, 0.5) is 10.1 Å². The quantitative estimate of drug-likeness (QED) is 0.357. The van der Waals surface area contributed by atoms with Crippen molar-refractivity contribution in [3.05, 3.63) is 41.7 Å². The molecule has 2 aliphatic heterocycles. The molecule has 2 saturated heterocycles. The van der Waals surface area contributed by atoms with Crippen LogP contribution >= 0.6 is 0 Å². The second-order valence-corrected chi connectivity index (χ2v) is 14.3. The molecule has 0 bridgehead atoms. The van der Waals surface area contributed by atoms with Crippen LogP contribution in [0.3, 0.4) is 0 Å². The predicted molar refractivity (Wildman–Crippen MR) is 176 cm³/mol. The fraction of sp³-hybridized carbons (Fsp3) is 0.657. The first kappa shape index (κ1) is 36.2. The molecule has 0 saturated carbocycles. The average molecular weight is 628 g/mol. The van der Waals surface area contributed by atoms with E-state index in [9.17, 15) is 23.6 Å². The summed E-state index contributed by atoms with van der Waals surface area (Å²) >= 11 is 0. The van der Waals surface area contributed by atoms with Gasteiger partial charge in [0.1, 0.15) is 17.9 Å². The summed E-state index contributed by atoms with van der Waals surface area (Å²) in [6.45, 7) is 17.0. The first-order chi connectivity index (χ1) is 21.0. The normalized spacial score (nSPS) is 21.1. The summed E-state index contributed by atoms with van der Waals surface area (Å²) < 4.78 is 13.3. The summed E-state index contributed by atoms with van der Waals surface area (Å²) in [6.07, 6.45) is 5.83. The zero-order chi connectivity index (χ0) is 33.6. The number of carbonyl (C=O) groups is 4. The molecule has 4 amide bonds. The van der Waals surface area contributed by atoms with E-state index >= 15 is 0 Å². The molecule has 1 aromatic rings. The molecule has 0 aliphatic carbocycles. The Bertz CT molecular complexity index is 1240. The van der Waals surface area contributed by atoms with Crippen molar-refractivity contribution in [3.63, 3.8) is 0 Å². The van der Waals surface area contributed by atoms with E-state index in [1.807, 2.05) is 34.6 Å². The lowest BCUT2D eigenvalue weighted by Crippen LogP contribution is -2.60. The fourth-order valence-electron chi connectivity index (χ4n) is 6.44. The number of amides is 4. The molecule has 250 valence electrons. The van der Waals surface area contributed by atoms with Crippen LogP contribution in [0.5, 0.6) is 0 Å². The summed E-state index contributed by atoms with van der Waals surface area (Å²) in [5.41, 5.74) is 0.365. The average Bonchev–Trinajstić information content (AvgIpc) is 3.48. The highest BCUT2D eigenvalue weighted by atomic mass is 19.1. The second kappa shape index (κ2) is 15.3. The third-order valence-electron chi connectivity index (χ3n) is 9.07. The fourth-order valence-corrected chi connectivity index (χ4v) is 6.44. The first-order valence-corrected chi connectivity index (χ1v) is 16.4. The number of nitrogens with one attached hydrogen (secondary N) is 2. The number of likely N-dealkylation sites (tertiary alicyclic amines) is 2. The molecule has 3 rings (SSSR count). The van der Waals surface area contributed by atoms with E-state index in [1.165, 1.54) is 24.3 Å². The van der Waals surface area contributed by atoms with Gasteiger partial charge in [-0.1, -0.05) is 47.1 Å². The number of anilines is 1. The van der Waals surface area contributed by atoms with Gasteiger partial charge < -0.3 is 20.4 Å². The third-order valence-corrected chi connectivity index (χ3v) is 9.07. The Balaban J connectivity index is 1.77. The molecule has 0 aromatic heterocycles. The number of nitrogens with zero attached hydrogens (tertiary/aromatic N) is 3. The molecule has 45 heavy (non-hydrogen) atoms. The highest BCUT2D eigenvalue weighted by molar-refractivity contribution is 6.01. The van der Waals surface area contributed by atoms with E-state index in [4.69, 9.17) is 0 Å². The molecule has 2 heterocycles. The lowest BCUT2D eigenvalue weighted by molar-refractivity contribution is -0.142. The van der Waals surface area contributed by atoms with E-state index in [1.54, 1.807) is 29.8 Å². The number of hydrogen-bond acceptors (Lipinski definition) is 5. The lowest BCUT2D eigenvalue weighted by atomic mass is 9.84. The standard InChI is InChI=1S/C35H54FN5O4/c1-22(2)29(21-24(5)33(44)41-20-12-14-28(41)31(42)37-26-17-15-25(36)16-18-26)39(9)34(45)30(35(6,7)8)38-32(43)27-13-10-11-19-40(27)23(3)4/h15-18,21-23,27-30H,10-14,19-20H2,1-9H3,(H,37,42)(H,38,43)/b24-21+/t27-,28+,29?,30-/m1/s1. The van der Waals surface area contributed by atoms with Crippen molar-refractivity contribution in [1.82, 2.24) is 20.0 Å².